The average molecular weight is 506 g/mol. The number of carbonyl (C=O) groups excluding carboxylic acids is 2. The van der Waals surface area contributed by atoms with E-state index in [4.69, 9.17) is 12.2 Å². The molecular formula is C20H15IN2O2S2. The molecule has 1 heterocycles. The highest BCUT2D eigenvalue weighted by molar-refractivity contribution is 14.1. The van der Waals surface area contributed by atoms with Crippen molar-refractivity contribution in [2.24, 2.45) is 0 Å². The summed E-state index contributed by atoms with van der Waals surface area (Å²) >= 11 is 8.64. The van der Waals surface area contributed by atoms with E-state index in [1.807, 2.05) is 60.7 Å². The summed E-state index contributed by atoms with van der Waals surface area (Å²) in [6, 6.07) is 17.3. The van der Waals surface area contributed by atoms with Crippen LogP contribution >= 0.6 is 46.6 Å². The highest BCUT2D eigenvalue weighted by atomic mass is 127. The molecule has 3 rings (SSSR count). The van der Waals surface area contributed by atoms with Gasteiger partial charge in [0.25, 0.3) is 5.91 Å². The van der Waals surface area contributed by atoms with Gasteiger partial charge in [-0.2, -0.15) is 0 Å². The molecule has 1 aliphatic heterocycles. The zero-order chi connectivity index (χ0) is 19.2. The van der Waals surface area contributed by atoms with Gasteiger partial charge in [0.1, 0.15) is 10.9 Å². The van der Waals surface area contributed by atoms with Crippen LogP contribution in [0.3, 0.4) is 0 Å². The summed E-state index contributed by atoms with van der Waals surface area (Å²) in [6.07, 6.45) is 5.45. The van der Waals surface area contributed by atoms with Gasteiger partial charge in [0, 0.05) is 9.26 Å². The van der Waals surface area contributed by atoms with Gasteiger partial charge in [-0.15, -0.1) is 0 Å². The molecule has 27 heavy (non-hydrogen) atoms. The lowest BCUT2D eigenvalue weighted by Crippen LogP contribution is -2.36. The minimum Gasteiger partial charge on any atom is -0.325 e. The van der Waals surface area contributed by atoms with Crippen molar-refractivity contribution in [1.82, 2.24) is 4.90 Å². The number of hydrogen-bond donors (Lipinski definition) is 1. The number of benzene rings is 2. The molecule has 2 amide bonds. The van der Waals surface area contributed by atoms with E-state index in [0.717, 1.165) is 9.13 Å². The number of halogens is 1. The SMILES string of the molecule is O=C(CN1C(=O)C(=CC=Cc2ccccc2)SC1=S)Nc1cccc(I)c1. The second-order valence-corrected chi connectivity index (χ2v) is 8.54. The van der Waals surface area contributed by atoms with Gasteiger partial charge < -0.3 is 5.32 Å². The maximum atomic E-state index is 12.5. The second kappa shape index (κ2) is 9.29. The fourth-order valence-corrected chi connectivity index (χ4v) is 4.12. The van der Waals surface area contributed by atoms with Crippen LogP contribution in [0.2, 0.25) is 0 Å². The Balaban J connectivity index is 1.62. The van der Waals surface area contributed by atoms with Gasteiger partial charge in [0.05, 0.1) is 4.91 Å². The number of nitrogens with one attached hydrogen (secondary N) is 1. The lowest BCUT2D eigenvalue weighted by molar-refractivity contribution is -0.126. The quantitative estimate of drug-likeness (QED) is 0.364. The minimum atomic E-state index is -0.283. The molecule has 7 heteroatoms. The van der Waals surface area contributed by atoms with Crippen LogP contribution in [0.1, 0.15) is 5.56 Å². The summed E-state index contributed by atoms with van der Waals surface area (Å²) in [5.41, 5.74) is 1.74. The topological polar surface area (TPSA) is 49.4 Å². The third kappa shape index (κ3) is 5.50. The normalized spacial score (nSPS) is 15.7. The van der Waals surface area contributed by atoms with Gasteiger partial charge in [-0.25, -0.2) is 0 Å². The predicted molar refractivity (Wildman–Crippen MR) is 123 cm³/mol. The fourth-order valence-electron chi connectivity index (χ4n) is 2.37. The summed E-state index contributed by atoms with van der Waals surface area (Å²) in [5, 5.41) is 2.79. The third-order valence-corrected chi connectivity index (χ3v) is 5.69. The van der Waals surface area contributed by atoms with E-state index in [-0.39, 0.29) is 18.4 Å². The Morgan fingerprint density at radius 3 is 2.70 bits per heavy atom. The summed E-state index contributed by atoms with van der Waals surface area (Å²) in [7, 11) is 0. The van der Waals surface area contributed by atoms with Crippen LogP contribution in [0, 0.1) is 3.57 Å². The van der Waals surface area contributed by atoms with E-state index in [2.05, 4.69) is 27.9 Å². The molecule has 0 atom stereocenters. The molecule has 136 valence electrons. The highest BCUT2D eigenvalue weighted by Gasteiger charge is 2.33. The number of anilines is 1. The van der Waals surface area contributed by atoms with E-state index in [1.165, 1.54) is 16.7 Å². The molecule has 0 bridgehead atoms. The van der Waals surface area contributed by atoms with Crippen LogP contribution in [0.4, 0.5) is 5.69 Å². The van der Waals surface area contributed by atoms with E-state index in [0.29, 0.717) is 14.9 Å². The van der Waals surface area contributed by atoms with E-state index in [9.17, 15) is 9.59 Å². The van der Waals surface area contributed by atoms with Gasteiger partial charge in [-0.3, -0.25) is 14.5 Å². The Hall–Kier alpha value is -1.97. The number of nitrogens with zero attached hydrogens (tertiary/aromatic N) is 1. The number of thiocarbonyl (C=S) groups is 1. The van der Waals surface area contributed by atoms with E-state index < -0.39 is 0 Å². The Morgan fingerprint density at radius 2 is 1.96 bits per heavy atom. The number of amides is 2. The van der Waals surface area contributed by atoms with Gasteiger partial charge in [-0.1, -0.05) is 72.5 Å². The Labute approximate surface area is 180 Å². The zero-order valence-electron chi connectivity index (χ0n) is 14.1. The van der Waals surface area contributed by atoms with Crippen molar-refractivity contribution in [2.75, 3.05) is 11.9 Å². The Morgan fingerprint density at radius 1 is 1.19 bits per heavy atom. The fraction of sp³-hybridized carbons (Fsp3) is 0.0500. The number of allylic oxidation sites excluding steroid dienone is 2. The number of hydrogen-bond acceptors (Lipinski definition) is 4. The minimum absolute atomic E-state index is 0.101. The van der Waals surface area contributed by atoms with Crippen LogP contribution in [0.25, 0.3) is 6.08 Å². The summed E-state index contributed by atoms with van der Waals surface area (Å²) < 4.78 is 1.40. The Bertz CT molecular complexity index is 942. The molecule has 0 aliphatic carbocycles. The van der Waals surface area contributed by atoms with Crippen LogP contribution in [0.5, 0.6) is 0 Å². The molecule has 0 spiro atoms. The molecule has 1 saturated heterocycles. The van der Waals surface area contributed by atoms with Crippen molar-refractivity contribution in [3.05, 3.63) is 80.8 Å². The van der Waals surface area contributed by atoms with Crippen LogP contribution in [-0.4, -0.2) is 27.6 Å². The molecule has 4 nitrogen and oxygen atoms in total. The summed E-state index contributed by atoms with van der Waals surface area (Å²) in [5.74, 6) is -0.533. The highest BCUT2D eigenvalue weighted by Crippen LogP contribution is 2.30. The van der Waals surface area contributed by atoms with Crippen molar-refractivity contribution < 1.29 is 9.59 Å². The van der Waals surface area contributed by atoms with Crippen molar-refractivity contribution in [3.63, 3.8) is 0 Å². The molecule has 0 saturated carbocycles. The predicted octanol–water partition coefficient (Wildman–Crippen LogP) is 4.69. The Kier molecular flexibility index (Phi) is 6.81. The molecule has 1 N–H and O–H groups in total. The largest absolute Gasteiger partial charge is 0.325 e. The lowest BCUT2D eigenvalue weighted by Gasteiger charge is -2.14. The summed E-state index contributed by atoms with van der Waals surface area (Å²) in [6.45, 7) is -0.101. The molecule has 0 radical (unpaired) electrons. The summed E-state index contributed by atoms with van der Waals surface area (Å²) in [4.78, 5) is 26.6. The maximum absolute atomic E-state index is 12.5. The first-order chi connectivity index (χ1) is 13.0. The number of thioether (sulfide) groups is 1. The molecule has 2 aromatic carbocycles. The van der Waals surface area contributed by atoms with Gasteiger partial charge in [0.2, 0.25) is 5.91 Å². The molecule has 1 aliphatic rings. The lowest BCUT2D eigenvalue weighted by atomic mass is 10.2. The van der Waals surface area contributed by atoms with Crippen LogP contribution < -0.4 is 5.32 Å². The maximum Gasteiger partial charge on any atom is 0.266 e. The van der Waals surface area contributed by atoms with E-state index >= 15 is 0 Å². The molecule has 0 aromatic heterocycles. The van der Waals surface area contributed by atoms with Crippen molar-refractivity contribution in [3.8, 4) is 0 Å². The van der Waals surface area contributed by atoms with Crippen LogP contribution in [0.15, 0.2) is 71.7 Å². The van der Waals surface area contributed by atoms with E-state index in [1.54, 1.807) is 12.1 Å². The second-order valence-electron chi connectivity index (χ2n) is 5.62. The molecule has 2 aromatic rings. The number of rotatable bonds is 5. The third-order valence-electron chi connectivity index (χ3n) is 3.62. The van der Waals surface area contributed by atoms with Crippen molar-refractivity contribution in [2.45, 2.75) is 0 Å². The molecular weight excluding hydrogens is 491 g/mol. The molecule has 0 unspecified atom stereocenters. The monoisotopic (exact) mass is 506 g/mol. The number of carbonyl (C=O) groups is 2. The van der Waals surface area contributed by atoms with Crippen molar-refractivity contribution in [1.29, 1.82) is 0 Å². The average Bonchev–Trinajstić information content (AvgIpc) is 2.90. The zero-order valence-corrected chi connectivity index (χ0v) is 17.9. The van der Waals surface area contributed by atoms with Gasteiger partial charge >= 0.3 is 0 Å². The van der Waals surface area contributed by atoms with Gasteiger partial charge in [-0.05, 0) is 52.4 Å². The molecule has 1 fully saturated rings. The van der Waals surface area contributed by atoms with Gasteiger partial charge in [0.15, 0.2) is 0 Å². The smallest absolute Gasteiger partial charge is 0.266 e. The standard InChI is InChI=1S/C20H15IN2O2S2/c21-15-9-5-10-16(12-15)22-18(24)13-23-19(25)17(27-20(23)26)11-4-8-14-6-2-1-3-7-14/h1-12H,13H2,(H,22,24). The van der Waals surface area contributed by atoms with Crippen molar-refractivity contribution >= 4 is 74.5 Å². The first kappa shape index (κ1) is 19.8. The van der Waals surface area contributed by atoms with Crippen LogP contribution in [-0.2, 0) is 9.59 Å². The first-order valence-electron chi connectivity index (χ1n) is 8.05. The first-order valence-corrected chi connectivity index (χ1v) is 10.4.